The minimum Gasteiger partial charge on any atom is -0.493 e. The summed E-state index contributed by atoms with van der Waals surface area (Å²) in [6, 6.07) is 10.7. The van der Waals surface area contributed by atoms with Crippen LogP contribution >= 0.6 is 11.3 Å². The lowest BCUT2D eigenvalue weighted by Gasteiger charge is -2.04. The maximum absolute atomic E-state index is 5.56. The van der Waals surface area contributed by atoms with Crippen LogP contribution in [-0.4, -0.2) is 11.6 Å². The van der Waals surface area contributed by atoms with Crippen molar-refractivity contribution in [1.82, 2.24) is 4.98 Å². The van der Waals surface area contributed by atoms with Crippen LogP contribution in [0.15, 0.2) is 29.8 Å². The molecule has 1 aromatic heterocycles. The number of benzene rings is 1. The predicted molar refractivity (Wildman–Crippen MR) is 61.3 cm³/mol. The quantitative estimate of drug-likeness (QED) is 0.787. The average molecular weight is 218 g/mol. The van der Waals surface area contributed by atoms with Crippen molar-refractivity contribution in [3.63, 3.8) is 0 Å². The SMILES string of the molecule is Cc1ncsc1CCOc1[c]cccc1. The Labute approximate surface area is 93.6 Å². The predicted octanol–water partition coefficient (Wildman–Crippen LogP) is 2.87. The summed E-state index contributed by atoms with van der Waals surface area (Å²) in [5, 5.41) is 0. The van der Waals surface area contributed by atoms with Crippen molar-refractivity contribution in [3.05, 3.63) is 46.4 Å². The molecule has 2 rings (SSSR count). The standard InChI is InChI=1S/C12H12NOS/c1-10-12(15-9-13-10)7-8-14-11-5-3-2-4-6-11/h2-5,9H,7-8H2,1H3. The highest BCUT2D eigenvalue weighted by Gasteiger charge is 2.01. The monoisotopic (exact) mass is 218 g/mol. The van der Waals surface area contributed by atoms with Gasteiger partial charge in [-0.25, -0.2) is 4.98 Å². The summed E-state index contributed by atoms with van der Waals surface area (Å²) in [5.41, 5.74) is 2.99. The van der Waals surface area contributed by atoms with E-state index in [1.54, 1.807) is 11.3 Å². The molecule has 1 radical (unpaired) electrons. The van der Waals surface area contributed by atoms with Crippen molar-refractivity contribution in [2.75, 3.05) is 6.61 Å². The van der Waals surface area contributed by atoms with Crippen LogP contribution in [0.4, 0.5) is 0 Å². The fourth-order valence-electron chi connectivity index (χ4n) is 1.29. The third kappa shape index (κ3) is 2.80. The molecule has 0 unspecified atom stereocenters. The van der Waals surface area contributed by atoms with Gasteiger partial charge in [0.2, 0.25) is 0 Å². The fraction of sp³-hybridized carbons (Fsp3) is 0.250. The van der Waals surface area contributed by atoms with Gasteiger partial charge in [-0.1, -0.05) is 18.2 Å². The van der Waals surface area contributed by atoms with E-state index in [4.69, 9.17) is 4.74 Å². The summed E-state index contributed by atoms with van der Waals surface area (Å²) >= 11 is 1.68. The van der Waals surface area contributed by atoms with Crippen LogP contribution in [0.2, 0.25) is 0 Å². The number of nitrogens with zero attached hydrogens (tertiary/aromatic N) is 1. The molecule has 0 saturated heterocycles. The smallest absolute Gasteiger partial charge is 0.127 e. The molecule has 0 aliphatic heterocycles. The molecule has 15 heavy (non-hydrogen) atoms. The summed E-state index contributed by atoms with van der Waals surface area (Å²) in [5.74, 6) is 0.805. The average Bonchev–Trinajstić information content (AvgIpc) is 2.66. The third-order valence-corrected chi connectivity index (χ3v) is 3.11. The van der Waals surface area contributed by atoms with Crippen LogP contribution in [0.1, 0.15) is 10.6 Å². The lowest BCUT2D eigenvalue weighted by molar-refractivity contribution is 0.322. The van der Waals surface area contributed by atoms with Gasteiger partial charge in [-0.2, -0.15) is 0 Å². The summed E-state index contributed by atoms with van der Waals surface area (Å²) in [6.07, 6.45) is 0.916. The lowest BCUT2D eigenvalue weighted by Crippen LogP contribution is -2.00. The molecular weight excluding hydrogens is 206 g/mol. The number of para-hydroxylation sites is 1. The molecular formula is C12H12NOS. The van der Waals surface area contributed by atoms with E-state index in [-0.39, 0.29) is 0 Å². The highest BCUT2D eigenvalue weighted by atomic mass is 32.1. The molecule has 0 amide bonds. The van der Waals surface area contributed by atoms with E-state index in [9.17, 15) is 0 Å². The third-order valence-electron chi connectivity index (χ3n) is 2.11. The summed E-state index contributed by atoms with van der Waals surface area (Å²) in [6.45, 7) is 2.71. The maximum atomic E-state index is 5.56. The van der Waals surface area contributed by atoms with E-state index < -0.39 is 0 Å². The van der Waals surface area contributed by atoms with Crippen molar-refractivity contribution in [2.45, 2.75) is 13.3 Å². The van der Waals surface area contributed by atoms with Gasteiger partial charge >= 0.3 is 0 Å². The Morgan fingerprint density at radius 1 is 1.47 bits per heavy atom. The highest BCUT2D eigenvalue weighted by molar-refractivity contribution is 7.09. The zero-order chi connectivity index (χ0) is 10.5. The van der Waals surface area contributed by atoms with E-state index in [1.165, 1.54) is 4.88 Å². The maximum Gasteiger partial charge on any atom is 0.127 e. The Bertz CT molecular complexity index is 411. The number of ether oxygens (including phenoxy) is 1. The number of thiazole rings is 1. The molecule has 0 N–H and O–H groups in total. The number of hydrogen-bond donors (Lipinski definition) is 0. The molecule has 3 heteroatoms. The summed E-state index contributed by atoms with van der Waals surface area (Å²) in [4.78, 5) is 5.49. The Balaban J connectivity index is 1.83. The first-order chi connectivity index (χ1) is 7.36. The van der Waals surface area contributed by atoms with Crippen molar-refractivity contribution < 1.29 is 4.74 Å². The first-order valence-electron chi connectivity index (χ1n) is 4.85. The van der Waals surface area contributed by atoms with Crippen LogP contribution in [0, 0.1) is 13.0 Å². The molecule has 0 bridgehead atoms. The van der Waals surface area contributed by atoms with Crippen LogP contribution < -0.4 is 4.74 Å². The Morgan fingerprint density at radius 3 is 3.07 bits per heavy atom. The minimum absolute atomic E-state index is 0.684. The largest absolute Gasteiger partial charge is 0.493 e. The van der Waals surface area contributed by atoms with E-state index in [1.807, 2.05) is 36.7 Å². The van der Waals surface area contributed by atoms with Crippen LogP contribution in [0.5, 0.6) is 5.75 Å². The molecule has 77 valence electrons. The van der Waals surface area contributed by atoms with Gasteiger partial charge in [-0.05, 0) is 13.0 Å². The first kappa shape index (κ1) is 10.2. The van der Waals surface area contributed by atoms with Crippen LogP contribution in [0.3, 0.4) is 0 Å². The summed E-state index contributed by atoms with van der Waals surface area (Å²) in [7, 11) is 0. The first-order valence-corrected chi connectivity index (χ1v) is 5.72. The van der Waals surface area contributed by atoms with Crippen LogP contribution in [0.25, 0.3) is 0 Å². The normalized spacial score (nSPS) is 10.2. The van der Waals surface area contributed by atoms with Gasteiger partial charge in [0.25, 0.3) is 0 Å². The Morgan fingerprint density at radius 2 is 2.40 bits per heavy atom. The molecule has 0 spiro atoms. The van der Waals surface area contributed by atoms with Crippen molar-refractivity contribution >= 4 is 11.3 Å². The van der Waals surface area contributed by atoms with Crippen LogP contribution in [-0.2, 0) is 6.42 Å². The zero-order valence-corrected chi connectivity index (χ0v) is 9.38. The number of rotatable bonds is 4. The van der Waals surface area contributed by atoms with Gasteiger partial charge in [-0.15, -0.1) is 11.3 Å². The molecule has 2 nitrogen and oxygen atoms in total. The van der Waals surface area contributed by atoms with E-state index in [2.05, 4.69) is 11.1 Å². The van der Waals surface area contributed by atoms with E-state index in [0.29, 0.717) is 6.61 Å². The number of aryl methyl sites for hydroxylation is 1. The molecule has 0 atom stereocenters. The van der Waals surface area contributed by atoms with Crippen molar-refractivity contribution in [3.8, 4) is 5.75 Å². The minimum atomic E-state index is 0.684. The highest BCUT2D eigenvalue weighted by Crippen LogP contribution is 2.14. The fourth-order valence-corrected chi connectivity index (χ4v) is 2.05. The van der Waals surface area contributed by atoms with Gasteiger partial charge in [0.05, 0.1) is 17.8 Å². The second-order valence-corrected chi connectivity index (χ2v) is 4.13. The molecule has 0 aliphatic rings. The van der Waals surface area contributed by atoms with Crippen molar-refractivity contribution in [2.24, 2.45) is 0 Å². The Kier molecular flexibility index (Phi) is 3.35. The van der Waals surface area contributed by atoms with Gasteiger partial charge in [-0.3, -0.25) is 0 Å². The molecule has 1 aromatic carbocycles. The topological polar surface area (TPSA) is 22.1 Å². The second-order valence-electron chi connectivity index (χ2n) is 3.19. The number of aromatic nitrogens is 1. The molecule has 0 fully saturated rings. The summed E-state index contributed by atoms with van der Waals surface area (Å²) < 4.78 is 5.56. The lowest BCUT2D eigenvalue weighted by atomic mass is 10.3. The second kappa shape index (κ2) is 4.94. The van der Waals surface area contributed by atoms with Crippen molar-refractivity contribution in [1.29, 1.82) is 0 Å². The van der Waals surface area contributed by atoms with Gasteiger partial charge < -0.3 is 4.74 Å². The molecule has 0 saturated carbocycles. The van der Waals surface area contributed by atoms with Gasteiger partial charge in [0.15, 0.2) is 0 Å². The zero-order valence-electron chi connectivity index (χ0n) is 8.56. The van der Waals surface area contributed by atoms with Gasteiger partial charge in [0, 0.05) is 17.4 Å². The van der Waals surface area contributed by atoms with E-state index in [0.717, 1.165) is 17.9 Å². The Hall–Kier alpha value is -1.35. The number of hydrogen-bond acceptors (Lipinski definition) is 3. The molecule has 0 aliphatic carbocycles. The van der Waals surface area contributed by atoms with E-state index >= 15 is 0 Å². The molecule has 1 heterocycles. The molecule has 2 aromatic rings. The van der Waals surface area contributed by atoms with Gasteiger partial charge in [0.1, 0.15) is 5.75 Å².